The van der Waals surface area contributed by atoms with E-state index in [1.807, 2.05) is 11.0 Å². The molecule has 0 saturated heterocycles. The van der Waals surface area contributed by atoms with E-state index in [0.29, 0.717) is 10.7 Å². The van der Waals surface area contributed by atoms with Crippen molar-refractivity contribution in [1.29, 1.82) is 0 Å². The number of pyridine rings is 1. The number of hydrogen-bond acceptors (Lipinski definition) is 7. The second-order valence-corrected chi connectivity index (χ2v) is 8.55. The summed E-state index contributed by atoms with van der Waals surface area (Å²) >= 11 is 2.74. The van der Waals surface area contributed by atoms with Gasteiger partial charge >= 0.3 is 0 Å². The lowest BCUT2D eigenvalue weighted by Crippen LogP contribution is -2.31. The first-order valence-electron chi connectivity index (χ1n) is 7.03. The fourth-order valence-electron chi connectivity index (χ4n) is 2.10. The average molecular weight is 395 g/mol. The number of nitrogens with zero attached hydrogens (tertiary/aromatic N) is 1. The number of sulfonamides is 1. The summed E-state index contributed by atoms with van der Waals surface area (Å²) in [7, 11) is -3.99. The predicted molar refractivity (Wildman–Crippen MR) is 96.5 cm³/mol. The molecule has 2 amide bonds. The van der Waals surface area contributed by atoms with E-state index in [2.05, 4.69) is 10.3 Å². The zero-order valence-corrected chi connectivity index (χ0v) is 15.4. The van der Waals surface area contributed by atoms with Crippen LogP contribution in [-0.4, -0.2) is 37.2 Å². The summed E-state index contributed by atoms with van der Waals surface area (Å²) in [4.78, 5) is 28.7. The highest BCUT2D eigenvalue weighted by Crippen LogP contribution is 2.29. The van der Waals surface area contributed by atoms with Gasteiger partial charge in [0.25, 0.3) is 15.9 Å². The minimum atomic E-state index is -3.99. The number of carbonyl (C=O) groups is 2. The van der Waals surface area contributed by atoms with Gasteiger partial charge in [0.2, 0.25) is 5.91 Å². The van der Waals surface area contributed by atoms with Gasteiger partial charge in [0.15, 0.2) is 0 Å². The van der Waals surface area contributed by atoms with Crippen molar-refractivity contribution in [3.05, 3.63) is 42.1 Å². The van der Waals surface area contributed by atoms with Crippen LogP contribution < -0.4 is 10.0 Å². The van der Waals surface area contributed by atoms with Gasteiger partial charge in [-0.05, 0) is 36.6 Å². The van der Waals surface area contributed by atoms with E-state index in [4.69, 9.17) is 0 Å². The Bertz CT molecular complexity index is 943. The summed E-state index contributed by atoms with van der Waals surface area (Å²) in [5.41, 5.74) is 0.446. The topological polar surface area (TPSA) is 105 Å². The molecule has 0 bridgehead atoms. The second kappa shape index (κ2) is 7.06. The van der Waals surface area contributed by atoms with Crippen LogP contribution in [0.25, 0.3) is 0 Å². The molecule has 3 rings (SSSR count). The number of carbonyl (C=O) groups excluding carboxylic acids is 2. The van der Waals surface area contributed by atoms with Gasteiger partial charge in [-0.1, -0.05) is 11.8 Å². The van der Waals surface area contributed by atoms with E-state index in [1.165, 1.54) is 47.9 Å². The van der Waals surface area contributed by atoms with Crippen LogP contribution in [-0.2, 0) is 14.8 Å². The summed E-state index contributed by atoms with van der Waals surface area (Å²) in [6, 6.07) is 7.61. The van der Waals surface area contributed by atoms with Crippen molar-refractivity contribution in [2.45, 2.75) is 14.8 Å². The van der Waals surface area contributed by atoms with Gasteiger partial charge in [-0.15, -0.1) is 11.8 Å². The Balaban J connectivity index is 1.81. The summed E-state index contributed by atoms with van der Waals surface area (Å²) in [6.07, 6.45) is 3.16. The van der Waals surface area contributed by atoms with Gasteiger partial charge in [0.05, 0.1) is 21.9 Å². The lowest BCUT2D eigenvalue weighted by Gasteiger charge is -2.15. The molecule has 2 N–H and O–H groups in total. The molecule has 1 aromatic heterocycles. The molecule has 1 aromatic carbocycles. The third-order valence-electron chi connectivity index (χ3n) is 3.32. The summed E-state index contributed by atoms with van der Waals surface area (Å²) in [5, 5.41) is 3.20. The van der Waals surface area contributed by atoms with Gasteiger partial charge in [0.1, 0.15) is 5.03 Å². The number of thioether (sulfide) groups is 2. The predicted octanol–water partition coefficient (Wildman–Crippen LogP) is 1.97. The molecule has 0 saturated carbocycles. The molecule has 130 valence electrons. The normalized spacial score (nSPS) is 13.7. The minimum Gasteiger partial charge on any atom is -0.323 e. The second-order valence-electron chi connectivity index (χ2n) is 5.02. The number of hydrogen-bond donors (Lipinski definition) is 2. The van der Waals surface area contributed by atoms with Crippen LogP contribution in [0.1, 0.15) is 10.4 Å². The molecular weight excluding hydrogens is 382 g/mol. The lowest BCUT2D eigenvalue weighted by molar-refractivity contribution is -0.113. The first-order valence-corrected chi connectivity index (χ1v) is 10.7. The quantitative estimate of drug-likeness (QED) is 0.763. The lowest BCUT2D eigenvalue weighted by atomic mass is 10.2. The van der Waals surface area contributed by atoms with E-state index in [9.17, 15) is 18.0 Å². The molecular formula is C15H13N3O4S3. The maximum Gasteiger partial charge on any atom is 0.266 e. The average Bonchev–Trinajstić information content (AvgIpc) is 2.60. The fraction of sp³-hybridized carbons (Fsp3) is 0.133. The van der Waals surface area contributed by atoms with Gasteiger partial charge in [-0.2, -0.15) is 0 Å². The smallest absolute Gasteiger partial charge is 0.266 e. The number of anilines is 1. The maximum atomic E-state index is 12.3. The van der Waals surface area contributed by atoms with Crippen LogP contribution in [0.5, 0.6) is 0 Å². The molecule has 0 unspecified atom stereocenters. The number of nitrogens with one attached hydrogen (secondary N) is 2. The van der Waals surface area contributed by atoms with Crippen LogP contribution in [0.4, 0.5) is 5.69 Å². The number of benzene rings is 1. The van der Waals surface area contributed by atoms with Gasteiger partial charge < -0.3 is 5.32 Å². The molecule has 10 heteroatoms. The van der Waals surface area contributed by atoms with Crippen molar-refractivity contribution in [1.82, 2.24) is 9.71 Å². The molecule has 7 nitrogen and oxygen atoms in total. The van der Waals surface area contributed by atoms with E-state index in [0.717, 1.165) is 4.90 Å². The van der Waals surface area contributed by atoms with E-state index >= 15 is 0 Å². The van der Waals surface area contributed by atoms with Crippen LogP contribution in [0.15, 0.2) is 51.3 Å². The Labute approximate surface area is 153 Å². The third kappa shape index (κ3) is 3.97. The fourth-order valence-corrected chi connectivity index (χ4v) is 4.21. The van der Waals surface area contributed by atoms with Crippen LogP contribution in [0.2, 0.25) is 0 Å². The molecule has 25 heavy (non-hydrogen) atoms. The van der Waals surface area contributed by atoms with Gasteiger partial charge in [0, 0.05) is 11.1 Å². The van der Waals surface area contributed by atoms with Gasteiger partial charge in [-0.3, -0.25) is 9.59 Å². The number of aromatic nitrogens is 1. The zero-order chi connectivity index (χ0) is 18.0. The molecule has 0 aliphatic carbocycles. The Morgan fingerprint density at radius 2 is 2.04 bits per heavy atom. The summed E-state index contributed by atoms with van der Waals surface area (Å²) < 4.78 is 26.7. The van der Waals surface area contributed by atoms with Crippen molar-refractivity contribution < 1.29 is 18.0 Å². The number of rotatable bonds is 4. The van der Waals surface area contributed by atoms with Crippen LogP contribution in [0, 0.1) is 0 Å². The first-order chi connectivity index (χ1) is 11.9. The first kappa shape index (κ1) is 17.8. The summed E-state index contributed by atoms with van der Waals surface area (Å²) in [5.74, 6) is -0.751. The molecule has 1 aliphatic heterocycles. The minimum absolute atomic E-state index is 0.00609. The standard InChI is InChI=1S/C15H13N3O4S3/c1-23-10-2-4-11(5-3-10)25(21,22)18-14(20)9-6-12-15(16-7-9)24-8-13(19)17-12/h2-7H,8H2,1H3,(H,17,19)(H,18,20). The van der Waals surface area contributed by atoms with Crippen LogP contribution in [0.3, 0.4) is 0 Å². The molecule has 1 aliphatic rings. The summed E-state index contributed by atoms with van der Waals surface area (Å²) in [6.45, 7) is 0. The van der Waals surface area contributed by atoms with E-state index in [-0.39, 0.29) is 22.1 Å². The Morgan fingerprint density at radius 1 is 1.32 bits per heavy atom. The maximum absolute atomic E-state index is 12.3. The largest absolute Gasteiger partial charge is 0.323 e. The SMILES string of the molecule is CSc1ccc(S(=O)(=O)NC(=O)c2cnc3c(c2)NC(=O)CS3)cc1. The zero-order valence-electron chi connectivity index (χ0n) is 13.0. The van der Waals surface area contributed by atoms with Crippen molar-refractivity contribution in [3.63, 3.8) is 0 Å². The Kier molecular flexibility index (Phi) is 5.02. The highest BCUT2D eigenvalue weighted by atomic mass is 32.2. The van der Waals surface area contributed by atoms with Crippen LogP contribution >= 0.6 is 23.5 Å². The third-order valence-corrected chi connectivity index (χ3v) is 6.42. The van der Waals surface area contributed by atoms with E-state index < -0.39 is 15.9 Å². The Hall–Kier alpha value is -2.04. The highest BCUT2D eigenvalue weighted by molar-refractivity contribution is 8.00. The molecule has 0 fully saturated rings. The van der Waals surface area contributed by atoms with Crippen molar-refractivity contribution in [3.8, 4) is 0 Å². The van der Waals surface area contributed by atoms with Crippen molar-refractivity contribution in [2.24, 2.45) is 0 Å². The molecule has 2 heterocycles. The molecule has 0 atom stereocenters. The van der Waals surface area contributed by atoms with Gasteiger partial charge in [-0.25, -0.2) is 18.1 Å². The molecule has 0 spiro atoms. The molecule has 0 radical (unpaired) electrons. The Morgan fingerprint density at radius 3 is 2.72 bits per heavy atom. The van der Waals surface area contributed by atoms with Crippen molar-refractivity contribution in [2.75, 3.05) is 17.3 Å². The number of fused-ring (bicyclic) bond motifs is 1. The van der Waals surface area contributed by atoms with E-state index in [1.54, 1.807) is 12.1 Å². The van der Waals surface area contributed by atoms with Crippen molar-refractivity contribution >= 4 is 51.0 Å². The molecule has 2 aromatic rings. The highest BCUT2D eigenvalue weighted by Gasteiger charge is 2.22. The monoisotopic (exact) mass is 395 g/mol. The number of amides is 2.